The Hall–Kier alpha value is -0.890. The van der Waals surface area contributed by atoms with Crippen LogP contribution in [0.4, 0.5) is 4.39 Å². The first kappa shape index (κ1) is 13.2. The summed E-state index contributed by atoms with van der Waals surface area (Å²) in [6, 6.07) is 5.71. The predicted molar refractivity (Wildman–Crippen MR) is 67.0 cm³/mol. The van der Waals surface area contributed by atoms with E-state index in [4.69, 9.17) is 0 Å². The molecule has 0 saturated carbocycles. The van der Waals surface area contributed by atoms with Crippen LogP contribution in [0.25, 0.3) is 0 Å². The van der Waals surface area contributed by atoms with Gasteiger partial charge in [0.05, 0.1) is 0 Å². The fourth-order valence-corrected chi connectivity index (χ4v) is 1.90. The van der Waals surface area contributed by atoms with Crippen molar-refractivity contribution < 1.29 is 4.39 Å². The molecular formula is C14H22FN. The van der Waals surface area contributed by atoms with Crippen molar-refractivity contribution in [2.24, 2.45) is 5.92 Å². The monoisotopic (exact) mass is 223 g/mol. The fourth-order valence-electron chi connectivity index (χ4n) is 1.90. The number of hydrogen-bond acceptors (Lipinski definition) is 1. The van der Waals surface area contributed by atoms with E-state index >= 15 is 0 Å². The van der Waals surface area contributed by atoms with Crippen molar-refractivity contribution in [3.63, 3.8) is 0 Å². The molecule has 2 heteroatoms. The first-order valence-electron chi connectivity index (χ1n) is 6.05. The van der Waals surface area contributed by atoms with Crippen molar-refractivity contribution >= 4 is 0 Å². The molecule has 0 bridgehead atoms. The summed E-state index contributed by atoms with van der Waals surface area (Å²) in [5, 5.41) is 3.51. The molecule has 0 amide bonds. The quantitative estimate of drug-likeness (QED) is 0.800. The maximum absolute atomic E-state index is 13.2. The first-order valence-corrected chi connectivity index (χ1v) is 6.05. The zero-order valence-corrected chi connectivity index (χ0v) is 10.7. The summed E-state index contributed by atoms with van der Waals surface area (Å²) in [6.07, 6.45) is 1.11. The van der Waals surface area contributed by atoms with Gasteiger partial charge in [0, 0.05) is 6.04 Å². The molecule has 90 valence electrons. The lowest BCUT2D eigenvalue weighted by atomic mass is 9.94. The molecule has 0 aliphatic rings. The van der Waals surface area contributed by atoms with E-state index in [1.54, 1.807) is 6.07 Å². The van der Waals surface area contributed by atoms with Gasteiger partial charge in [0.1, 0.15) is 5.82 Å². The summed E-state index contributed by atoms with van der Waals surface area (Å²) in [5.41, 5.74) is 1.91. The van der Waals surface area contributed by atoms with Crippen LogP contribution < -0.4 is 5.32 Å². The molecule has 0 aliphatic heterocycles. The number of halogens is 1. The molecule has 0 radical (unpaired) electrons. The van der Waals surface area contributed by atoms with Gasteiger partial charge < -0.3 is 5.32 Å². The molecule has 1 atom stereocenters. The minimum Gasteiger partial charge on any atom is -0.310 e. The Morgan fingerprint density at radius 3 is 2.50 bits per heavy atom. The van der Waals surface area contributed by atoms with Gasteiger partial charge >= 0.3 is 0 Å². The minimum absolute atomic E-state index is 0.123. The number of hydrogen-bond donors (Lipinski definition) is 1. The molecule has 1 N–H and O–H groups in total. The molecule has 1 aromatic rings. The van der Waals surface area contributed by atoms with Gasteiger partial charge in [0.2, 0.25) is 0 Å². The minimum atomic E-state index is -0.123. The predicted octanol–water partition coefficient (Wildman–Crippen LogP) is 3.83. The van der Waals surface area contributed by atoms with Crippen LogP contribution in [-0.4, -0.2) is 6.54 Å². The Morgan fingerprint density at radius 1 is 1.31 bits per heavy atom. The Bertz CT molecular complexity index is 334. The molecule has 1 unspecified atom stereocenters. The summed E-state index contributed by atoms with van der Waals surface area (Å²) in [4.78, 5) is 0. The van der Waals surface area contributed by atoms with Gasteiger partial charge in [0.15, 0.2) is 0 Å². The lowest BCUT2D eigenvalue weighted by Gasteiger charge is -2.23. The van der Waals surface area contributed by atoms with Gasteiger partial charge in [-0.25, -0.2) is 4.39 Å². The van der Waals surface area contributed by atoms with Crippen LogP contribution in [0, 0.1) is 18.7 Å². The van der Waals surface area contributed by atoms with Crippen LogP contribution in [0.2, 0.25) is 0 Å². The van der Waals surface area contributed by atoms with Crippen LogP contribution in [0.3, 0.4) is 0 Å². The highest BCUT2D eigenvalue weighted by molar-refractivity contribution is 5.26. The SMILES string of the molecule is CCCNC(c1ccc(F)c(C)c1)C(C)C. The largest absolute Gasteiger partial charge is 0.310 e. The Morgan fingerprint density at radius 2 is 2.00 bits per heavy atom. The third-order valence-electron chi connectivity index (χ3n) is 2.82. The van der Waals surface area contributed by atoms with Gasteiger partial charge in [0.25, 0.3) is 0 Å². The molecule has 0 aromatic heterocycles. The second-order valence-electron chi connectivity index (χ2n) is 4.68. The molecule has 16 heavy (non-hydrogen) atoms. The average Bonchev–Trinajstić information content (AvgIpc) is 2.23. The lowest BCUT2D eigenvalue weighted by Crippen LogP contribution is -2.26. The zero-order chi connectivity index (χ0) is 12.1. The zero-order valence-electron chi connectivity index (χ0n) is 10.7. The van der Waals surface area contributed by atoms with E-state index in [0.29, 0.717) is 12.0 Å². The Balaban J connectivity index is 2.88. The second kappa shape index (κ2) is 6.00. The van der Waals surface area contributed by atoms with E-state index in [2.05, 4.69) is 26.1 Å². The van der Waals surface area contributed by atoms with E-state index < -0.39 is 0 Å². The maximum Gasteiger partial charge on any atom is 0.126 e. The van der Waals surface area contributed by atoms with Crippen LogP contribution in [0.15, 0.2) is 18.2 Å². The highest BCUT2D eigenvalue weighted by atomic mass is 19.1. The summed E-state index contributed by atoms with van der Waals surface area (Å²) in [6.45, 7) is 9.34. The molecule has 0 saturated heterocycles. The second-order valence-corrected chi connectivity index (χ2v) is 4.68. The van der Waals surface area contributed by atoms with Gasteiger partial charge in [-0.1, -0.05) is 32.9 Å². The van der Waals surface area contributed by atoms with Gasteiger partial charge in [-0.2, -0.15) is 0 Å². The summed E-state index contributed by atoms with van der Waals surface area (Å²) < 4.78 is 13.2. The van der Waals surface area contributed by atoms with Gasteiger partial charge in [-0.3, -0.25) is 0 Å². The Labute approximate surface area is 98.1 Å². The lowest BCUT2D eigenvalue weighted by molar-refractivity contribution is 0.412. The number of aryl methyl sites for hydroxylation is 1. The van der Waals surface area contributed by atoms with Crippen LogP contribution in [0.1, 0.15) is 44.4 Å². The van der Waals surface area contributed by atoms with Gasteiger partial charge in [-0.15, -0.1) is 0 Å². The summed E-state index contributed by atoms with van der Waals surface area (Å²) in [7, 11) is 0. The van der Waals surface area contributed by atoms with Gasteiger partial charge in [-0.05, 0) is 43.0 Å². The van der Waals surface area contributed by atoms with Crippen molar-refractivity contribution in [3.05, 3.63) is 35.1 Å². The summed E-state index contributed by atoms with van der Waals surface area (Å²) >= 11 is 0. The van der Waals surface area contributed by atoms with Crippen LogP contribution in [-0.2, 0) is 0 Å². The van der Waals surface area contributed by atoms with Crippen molar-refractivity contribution in [2.45, 2.75) is 40.2 Å². The highest BCUT2D eigenvalue weighted by Gasteiger charge is 2.15. The fraction of sp³-hybridized carbons (Fsp3) is 0.571. The normalized spacial score (nSPS) is 13.1. The van der Waals surface area contributed by atoms with Crippen molar-refractivity contribution in [3.8, 4) is 0 Å². The number of benzene rings is 1. The van der Waals surface area contributed by atoms with E-state index in [9.17, 15) is 4.39 Å². The molecule has 0 fully saturated rings. The first-order chi connectivity index (χ1) is 7.56. The standard InChI is InChI=1S/C14H22FN/c1-5-8-16-14(10(2)3)12-6-7-13(15)11(4)9-12/h6-7,9-10,14,16H,5,8H2,1-4H3. The average molecular weight is 223 g/mol. The third kappa shape index (κ3) is 3.31. The van der Waals surface area contributed by atoms with E-state index in [1.165, 1.54) is 5.56 Å². The molecule has 0 spiro atoms. The topological polar surface area (TPSA) is 12.0 Å². The Kier molecular flexibility index (Phi) is 4.94. The number of rotatable bonds is 5. The van der Waals surface area contributed by atoms with Crippen LogP contribution >= 0.6 is 0 Å². The summed E-state index contributed by atoms with van der Waals surface area (Å²) in [5.74, 6) is 0.387. The molecule has 1 rings (SSSR count). The number of nitrogens with one attached hydrogen (secondary N) is 1. The maximum atomic E-state index is 13.2. The van der Waals surface area contributed by atoms with Crippen molar-refractivity contribution in [1.29, 1.82) is 0 Å². The highest BCUT2D eigenvalue weighted by Crippen LogP contribution is 2.23. The molecule has 0 aliphatic carbocycles. The molecular weight excluding hydrogens is 201 g/mol. The van der Waals surface area contributed by atoms with Crippen molar-refractivity contribution in [2.75, 3.05) is 6.54 Å². The van der Waals surface area contributed by atoms with Crippen LogP contribution in [0.5, 0.6) is 0 Å². The van der Waals surface area contributed by atoms with E-state index in [-0.39, 0.29) is 5.82 Å². The third-order valence-corrected chi connectivity index (χ3v) is 2.82. The smallest absolute Gasteiger partial charge is 0.126 e. The molecule has 1 aromatic carbocycles. The van der Waals surface area contributed by atoms with Crippen molar-refractivity contribution in [1.82, 2.24) is 5.32 Å². The van der Waals surface area contributed by atoms with E-state index in [1.807, 2.05) is 19.1 Å². The molecule has 1 nitrogen and oxygen atoms in total. The molecule has 0 heterocycles. The van der Waals surface area contributed by atoms with E-state index in [0.717, 1.165) is 18.5 Å².